The number of methoxy groups -OCH3 is 1. The van der Waals surface area contributed by atoms with E-state index in [4.69, 9.17) is 48.4 Å². The Hall–Kier alpha value is -4.97. The van der Waals surface area contributed by atoms with Crippen molar-refractivity contribution >= 4 is 80.8 Å². The van der Waals surface area contributed by atoms with Gasteiger partial charge in [0.05, 0.1) is 23.3 Å². The summed E-state index contributed by atoms with van der Waals surface area (Å²) in [5, 5.41) is 8.20. The zero-order chi connectivity index (χ0) is 38.6. The molecule has 2 N–H and O–H groups in total. The fraction of sp³-hybridized carbons (Fsp3) is 0.317. The van der Waals surface area contributed by atoms with Gasteiger partial charge in [-0.25, -0.2) is 0 Å². The molecular formula is C41H41Cl3N6O5. The van der Waals surface area contributed by atoms with E-state index in [-0.39, 0.29) is 11.8 Å². The number of nitrogens with zero attached hydrogens (tertiary/aromatic N) is 4. The molecule has 2 aliphatic heterocycles. The van der Waals surface area contributed by atoms with Crippen LogP contribution in [0.25, 0.3) is 22.2 Å². The number of rotatable bonds is 9. The van der Waals surface area contributed by atoms with Gasteiger partial charge in [0, 0.05) is 61.4 Å². The van der Waals surface area contributed by atoms with Gasteiger partial charge in [0.25, 0.3) is 23.8 Å². The van der Waals surface area contributed by atoms with E-state index < -0.39 is 0 Å². The Bertz CT molecular complexity index is 2340. The molecule has 0 unspecified atom stereocenters. The van der Waals surface area contributed by atoms with Crippen molar-refractivity contribution in [1.29, 1.82) is 0 Å². The highest BCUT2D eigenvalue weighted by Gasteiger charge is 2.30. The number of anilines is 2. The molecule has 0 bridgehead atoms. The van der Waals surface area contributed by atoms with Crippen LogP contribution in [0.2, 0.25) is 15.1 Å². The number of amides is 2. The van der Waals surface area contributed by atoms with Gasteiger partial charge < -0.3 is 34.0 Å². The van der Waals surface area contributed by atoms with E-state index in [1.165, 1.54) is 0 Å². The van der Waals surface area contributed by atoms with Crippen LogP contribution in [0, 0.1) is 25.7 Å². The summed E-state index contributed by atoms with van der Waals surface area (Å²) in [6.45, 7) is 8.13. The lowest BCUT2D eigenvalue weighted by Crippen LogP contribution is -2.30. The lowest BCUT2D eigenvalue weighted by atomic mass is 10.1. The third kappa shape index (κ3) is 9.12. The van der Waals surface area contributed by atoms with Gasteiger partial charge in [-0.2, -0.15) is 9.97 Å². The smallest absolute Gasteiger partial charge is 0.295 e. The van der Waals surface area contributed by atoms with Crippen LogP contribution in [0.3, 0.4) is 0 Å². The zero-order valence-corrected chi connectivity index (χ0v) is 33.0. The van der Waals surface area contributed by atoms with Gasteiger partial charge in [0.1, 0.15) is 16.8 Å². The maximum atomic E-state index is 12.9. The number of fused-ring (bicyclic) bond motifs is 2. The molecule has 4 aromatic carbocycles. The van der Waals surface area contributed by atoms with Crippen LogP contribution >= 0.6 is 34.8 Å². The van der Waals surface area contributed by atoms with Gasteiger partial charge in [-0.15, -0.1) is 0 Å². The summed E-state index contributed by atoms with van der Waals surface area (Å²) in [5.41, 5.74) is 6.09. The maximum Gasteiger partial charge on any atom is 0.295 e. The van der Waals surface area contributed by atoms with Gasteiger partial charge >= 0.3 is 0 Å². The highest BCUT2D eigenvalue weighted by molar-refractivity contribution is 6.34. The molecule has 14 heteroatoms. The number of halogens is 3. The SMILES string of the molecule is COc1ccc(C)cc1C(=O)N1CC[C@@H](CNc2nc3ccc(Cl)cc3o2)C1.Cc1ccc(Cl)c(C(=O)N2CC[C@@H](CNc3nc4ccc(Cl)cc4o3)C2)c1. The van der Waals surface area contributed by atoms with Crippen LogP contribution in [0.1, 0.15) is 44.7 Å². The highest BCUT2D eigenvalue weighted by atomic mass is 35.5. The minimum Gasteiger partial charge on any atom is -0.496 e. The molecular weight excluding hydrogens is 763 g/mol. The summed E-state index contributed by atoms with van der Waals surface area (Å²) in [4.78, 5) is 38.3. The summed E-state index contributed by atoms with van der Waals surface area (Å²) in [7, 11) is 1.59. The minimum atomic E-state index is -0.0114. The van der Waals surface area contributed by atoms with Crippen LogP contribution in [-0.4, -0.2) is 78.0 Å². The molecule has 6 aromatic rings. The van der Waals surface area contributed by atoms with Crippen LogP contribution in [0.15, 0.2) is 81.6 Å². The quantitative estimate of drug-likeness (QED) is 0.147. The normalized spacial score (nSPS) is 16.7. The Morgan fingerprint density at radius 2 is 1.20 bits per heavy atom. The largest absolute Gasteiger partial charge is 0.496 e. The Labute approximate surface area is 333 Å². The van der Waals surface area contributed by atoms with Crippen molar-refractivity contribution in [2.75, 3.05) is 57.0 Å². The number of oxazole rings is 2. The fourth-order valence-electron chi connectivity index (χ4n) is 6.91. The fourth-order valence-corrected chi connectivity index (χ4v) is 7.43. The minimum absolute atomic E-state index is 0.0114. The number of carbonyl (C=O) groups excluding carboxylic acids is 2. The van der Waals surface area contributed by atoms with Crippen molar-refractivity contribution in [2.45, 2.75) is 26.7 Å². The first kappa shape index (κ1) is 38.3. The summed E-state index contributed by atoms with van der Waals surface area (Å²) < 4.78 is 16.7. The molecule has 0 spiro atoms. The number of likely N-dealkylation sites (tertiary alicyclic amines) is 2. The van der Waals surface area contributed by atoms with Crippen molar-refractivity contribution < 1.29 is 23.2 Å². The molecule has 4 heterocycles. The molecule has 0 aliphatic carbocycles. The Morgan fingerprint density at radius 3 is 1.73 bits per heavy atom. The van der Waals surface area contributed by atoms with E-state index in [0.717, 1.165) is 48.1 Å². The molecule has 0 saturated carbocycles. The first-order chi connectivity index (χ1) is 26.5. The number of benzene rings is 4. The van der Waals surface area contributed by atoms with E-state index in [9.17, 15) is 9.59 Å². The molecule has 2 saturated heterocycles. The van der Waals surface area contributed by atoms with E-state index in [1.54, 1.807) is 37.4 Å². The molecule has 2 fully saturated rings. The average Bonchev–Trinajstić information content (AvgIpc) is 4.00. The van der Waals surface area contributed by atoms with E-state index in [1.807, 2.05) is 66.1 Å². The van der Waals surface area contributed by atoms with Gasteiger partial charge in [-0.05, 0) is 87.1 Å². The summed E-state index contributed by atoms with van der Waals surface area (Å²) in [6.07, 6.45) is 1.85. The third-order valence-corrected chi connectivity index (χ3v) is 10.7. The Morgan fingerprint density at radius 1 is 0.709 bits per heavy atom. The molecule has 2 atom stereocenters. The second-order valence-corrected chi connectivity index (χ2v) is 15.3. The van der Waals surface area contributed by atoms with Crippen LogP contribution in [0.4, 0.5) is 12.0 Å². The van der Waals surface area contributed by atoms with E-state index in [2.05, 4.69) is 20.6 Å². The predicted octanol–water partition coefficient (Wildman–Crippen LogP) is 9.39. The number of hydrogen-bond donors (Lipinski definition) is 2. The molecule has 286 valence electrons. The predicted molar refractivity (Wildman–Crippen MR) is 217 cm³/mol. The van der Waals surface area contributed by atoms with Gasteiger partial charge in [0.15, 0.2) is 11.2 Å². The van der Waals surface area contributed by atoms with Crippen LogP contribution in [-0.2, 0) is 0 Å². The van der Waals surface area contributed by atoms with Crippen LogP contribution in [0.5, 0.6) is 5.75 Å². The second kappa shape index (κ2) is 16.8. The van der Waals surface area contributed by atoms with Crippen molar-refractivity contribution in [2.24, 2.45) is 11.8 Å². The van der Waals surface area contributed by atoms with Gasteiger partial charge in [0.2, 0.25) is 0 Å². The Kier molecular flexibility index (Phi) is 11.7. The molecule has 2 aromatic heterocycles. The molecule has 55 heavy (non-hydrogen) atoms. The number of aromatic nitrogens is 2. The Balaban J connectivity index is 0.000000169. The van der Waals surface area contributed by atoms with E-state index in [0.29, 0.717) is 93.2 Å². The maximum absolute atomic E-state index is 12.9. The second-order valence-electron chi connectivity index (χ2n) is 14.0. The first-order valence-corrected chi connectivity index (χ1v) is 19.3. The lowest BCUT2D eigenvalue weighted by molar-refractivity contribution is 0.0778. The molecule has 8 rings (SSSR count). The standard InChI is InChI=1S/C21H22ClN3O3.C20H19Cl2N3O2/c1-13-3-6-18(27-2)16(9-13)20(26)25-8-7-14(12-25)11-23-21-24-17-5-4-15(22)10-19(17)28-21;1-12-2-4-16(22)15(8-12)19(26)25-7-6-13(11-25)10-23-20-24-17-5-3-14(21)9-18(17)27-20/h3-6,9-10,14H,7-8,11-12H2,1-2H3,(H,23,24);2-5,8-9,13H,6-7,10-11H2,1H3,(H,23,24)/t14-;13-/m00/s1. The summed E-state index contributed by atoms with van der Waals surface area (Å²) in [5.74, 6) is 1.28. The van der Waals surface area contributed by atoms with Crippen LogP contribution < -0.4 is 15.4 Å². The number of ether oxygens (including phenoxy) is 1. The molecule has 0 radical (unpaired) electrons. The van der Waals surface area contributed by atoms with Gasteiger partial charge in [-0.3, -0.25) is 9.59 Å². The summed E-state index contributed by atoms with van der Waals surface area (Å²) >= 11 is 18.2. The lowest BCUT2D eigenvalue weighted by Gasteiger charge is -2.18. The topological polar surface area (TPSA) is 126 Å². The molecule has 11 nitrogen and oxygen atoms in total. The monoisotopic (exact) mass is 802 g/mol. The van der Waals surface area contributed by atoms with Gasteiger partial charge in [-0.1, -0.05) is 58.1 Å². The average molecular weight is 804 g/mol. The van der Waals surface area contributed by atoms with Crippen molar-refractivity contribution in [3.05, 3.63) is 110 Å². The summed E-state index contributed by atoms with van der Waals surface area (Å²) in [6, 6.07) is 22.9. The molecule has 2 aliphatic rings. The van der Waals surface area contributed by atoms with Crippen molar-refractivity contribution in [3.8, 4) is 5.75 Å². The number of hydrogen-bond acceptors (Lipinski definition) is 9. The van der Waals surface area contributed by atoms with E-state index >= 15 is 0 Å². The third-order valence-electron chi connectivity index (χ3n) is 9.87. The van der Waals surface area contributed by atoms with Crippen molar-refractivity contribution in [1.82, 2.24) is 19.8 Å². The number of nitrogens with one attached hydrogen (secondary N) is 2. The van der Waals surface area contributed by atoms with Crippen molar-refractivity contribution in [3.63, 3.8) is 0 Å². The molecule has 2 amide bonds. The zero-order valence-electron chi connectivity index (χ0n) is 30.7. The first-order valence-electron chi connectivity index (χ1n) is 18.1. The number of aryl methyl sites for hydroxylation is 2. The highest BCUT2D eigenvalue weighted by Crippen LogP contribution is 2.28. The number of carbonyl (C=O) groups is 2.